The third-order valence-corrected chi connectivity index (χ3v) is 3.06. The van der Waals surface area contributed by atoms with Gasteiger partial charge in [0.05, 0.1) is 5.75 Å². The van der Waals surface area contributed by atoms with E-state index in [0.29, 0.717) is 6.42 Å². The van der Waals surface area contributed by atoms with Gasteiger partial charge in [-0.3, -0.25) is 4.55 Å². The molecule has 88 valence electrons. The Labute approximate surface area is 116 Å². The van der Waals surface area contributed by atoms with Gasteiger partial charge < -0.3 is 0 Å². The Hall–Kier alpha value is 0.910. The molecule has 0 heterocycles. The zero-order valence-corrected chi connectivity index (χ0v) is 9.85. The molecule has 1 N–H and O–H groups in total. The zero-order valence-electron chi connectivity index (χ0n) is 9.04. The van der Waals surface area contributed by atoms with Gasteiger partial charge in [0.25, 0.3) is 10.1 Å². The van der Waals surface area contributed by atoms with Crippen LogP contribution in [0.1, 0.15) is 58.3 Å². The van der Waals surface area contributed by atoms with Gasteiger partial charge in [-0.15, -0.1) is 0 Å². The van der Waals surface area contributed by atoms with Crippen LogP contribution in [0, 0.1) is 0 Å². The van der Waals surface area contributed by atoms with E-state index >= 15 is 0 Å². The molecule has 0 fully saturated rings. The average Bonchev–Trinajstić information content (AvgIpc) is 2.08. The van der Waals surface area contributed by atoms with Gasteiger partial charge in [-0.2, -0.15) is 8.42 Å². The first-order chi connectivity index (χ1) is 6.56. The molecule has 0 rings (SSSR count). The second kappa shape index (κ2) is 11.4. The van der Waals surface area contributed by atoms with Crippen LogP contribution in [0.2, 0.25) is 0 Å². The van der Waals surface area contributed by atoms with Crippen LogP contribution in [0.15, 0.2) is 0 Å². The third kappa shape index (κ3) is 17.5. The first kappa shape index (κ1) is 18.3. The third-order valence-electron chi connectivity index (χ3n) is 2.26. The Morgan fingerprint density at radius 3 is 1.67 bits per heavy atom. The van der Waals surface area contributed by atoms with E-state index in [-0.39, 0.29) is 35.3 Å². The van der Waals surface area contributed by atoms with E-state index < -0.39 is 10.1 Å². The second-order valence-corrected chi connectivity index (χ2v) is 5.33. The number of rotatable bonds is 9. The Kier molecular flexibility index (Phi) is 13.9. The van der Waals surface area contributed by atoms with E-state index in [0.717, 1.165) is 12.8 Å². The van der Waals surface area contributed by atoms with Crippen LogP contribution in [-0.4, -0.2) is 48.3 Å². The molecule has 0 atom stereocenters. The molecule has 0 aliphatic heterocycles. The van der Waals surface area contributed by atoms with Gasteiger partial charge in [-0.25, -0.2) is 0 Å². The molecule has 0 aromatic rings. The van der Waals surface area contributed by atoms with Crippen LogP contribution in [0.25, 0.3) is 0 Å². The van der Waals surface area contributed by atoms with E-state index in [1.807, 2.05) is 0 Å². The molecule has 0 aromatic heterocycles. The van der Waals surface area contributed by atoms with Gasteiger partial charge in [0.1, 0.15) is 0 Å². The normalized spacial score (nSPS) is 11.1. The molecule has 0 bridgehead atoms. The minimum atomic E-state index is -3.73. The Balaban J connectivity index is 0. The maximum atomic E-state index is 10.4. The Morgan fingerprint density at radius 1 is 0.867 bits per heavy atom. The molecule has 0 aliphatic rings. The number of unbranched alkanes of at least 4 members (excludes halogenated alkanes) is 7. The van der Waals surface area contributed by atoms with Crippen LogP contribution in [-0.2, 0) is 10.1 Å². The molecule has 0 spiro atoms. The van der Waals surface area contributed by atoms with E-state index in [1.165, 1.54) is 32.1 Å². The van der Waals surface area contributed by atoms with Crippen molar-refractivity contribution in [3.05, 3.63) is 0 Å². The van der Waals surface area contributed by atoms with E-state index in [1.54, 1.807) is 0 Å². The average molecular weight is 246 g/mol. The number of hydrogen-bond donors (Lipinski definition) is 1. The predicted molar refractivity (Wildman–Crippen MR) is 66.2 cm³/mol. The van der Waals surface area contributed by atoms with Crippen LogP contribution in [0.4, 0.5) is 0 Å². The topological polar surface area (TPSA) is 54.4 Å². The summed E-state index contributed by atoms with van der Waals surface area (Å²) < 4.78 is 29.2. The van der Waals surface area contributed by atoms with Crippen molar-refractivity contribution < 1.29 is 13.0 Å². The van der Waals surface area contributed by atoms with Crippen LogP contribution in [0.3, 0.4) is 0 Å². The minimum absolute atomic E-state index is 0. The quantitative estimate of drug-likeness (QED) is 0.386. The van der Waals surface area contributed by atoms with Gasteiger partial charge >= 0.3 is 29.6 Å². The van der Waals surface area contributed by atoms with Crippen LogP contribution >= 0.6 is 0 Å². The SMILES string of the molecule is CCCCCCCCCCS(=O)(=O)O.[NaH]. The fraction of sp³-hybridized carbons (Fsp3) is 1.00. The fourth-order valence-corrected chi connectivity index (χ4v) is 1.99. The van der Waals surface area contributed by atoms with Crippen molar-refractivity contribution >= 4 is 39.7 Å². The first-order valence-electron chi connectivity index (χ1n) is 5.51. The van der Waals surface area contributed by atoms with Crippen LogP contribution < -0.4 is 0 Å². The molecular formula is C10H23NaO3S. The molecule has 0 amide bonds. The van der Waals surface area contributed by atoms with Gasteiger partial charge in [-0.1, -0.05) is 51.9 Å². The van der Waals surface area contributed by atoms with Gasteiger partial charge in [-0.05, 0) is 6.42 Å². The summed E-state index contributed by atoms with van der Waals surface area (Å²) in [5, 5.41) is 0. The molecule has 0 aromatic carbocycles. The van der Waals surface area contributed by atoms with Crippen molar-refractivity contribution in [3.63, 3.8) is 0 Å². The zero-order chi connectivity index (χ0) is 10.9. The van der Waals surface area contributed by atoms with Crippen molar-refractivity contribution in [3.8, 4) is 0 Å². The fourth-order valence-electron chi connectivity index (χ4n) is 1.42. The monoisotopic (exact) mass is 246 g/mol. The van der Waals surface area contributed by atoms with Gasteiger partial charge in [0, 0.05) is 0 Å². The molecule has 0 saturated carbocycles. The predicted octanol–water partition coefficient (Wildman–Crippen LogP) is 2.37. The van der Waals surface area contributed by atoms with Gasteiger partial charge in [0.2, 0.25) is 0 Å². The van der Waals surface area contributed by atoms with Crippen molar-refractivity contribution in [2.45, 2.75) is 58.3 Å². The van der Waals surface area contributed by atoms with Crippen molar-refractivity contribution in [1.29, 1.82) is 0 Å². The summed E-state index contributed by atoms with van der Waals surface area (Å²) >= 11 is 0. The van der Waals surface area contributed by atoms with Crippen LogP contribution in [0.5, 0.6) is 0 Å². The summed E-state index contributed by atoms with van der Waals surface area (Å²) in [5.41, 5.74) is 0. The van der Waals surface area contributed by atoms with Crippen molar-refractivity contribution in [2.24, 2.45) is 0 Å². The van der Waals surface area contributed by atoms with Crippen molar-refractivity contribution in [2.75, 3.05) is 5.75 Å². The summed E-state index contributed by atoms with van der Waals surface area (Å²) in [6, 6.07) is 0. The van der Waals surface area contributed by atoms with E-state index in [2.05, 4.69) is 6.92 Å². The standard InChI is InChI=1S/C10H22O3S.Na.H/c1-2-3-4-5-6-7-8-9-10-14(11,12)13;;/h2-10H2,1H3,(H,11,12,13);;. The van der Waals surface area contributed by atoms with Gasteiger partial charge in [0.15, 0.2) is 0 Å². The molecule has 0 unspecified atom stereocenters. The summed E-state index contributed by atoms with van der Waals surface area (Å²) in [4.78, 5) is 0. The molecule has 15 heavy (non-hydrogen) atoms. The summed E-state index contributed by atoms with van der Waals surface area (Å²) in [7, 11) is -3.73. The first-order valence-corrected chi connectivity index (χ1v) is 7.12. The van der Waals surface area contributed by atoms with E-state index in [9.17, 15) is 8.42 Å². The Morgan fingerprint density at radius 2 is 1.27 bits per heavy atom. The second-order valence-electron chi connectivity index (χ2n) is 3.76. The maximum absolute atomic E-state index is 10.4. The van der Waals surface area contributed by atoms with E-state index in [4.69, 9.17) is 4.55 Å². The summed E-state index contributed by atoms with van der Waals surface area (Å²) in [6.45, 7) is 2.19. The van der Waals surface area contributed by atoms with Crippen molar-refractivity contribution in [1.82, 2.24) is 0 Å². The molecule has 0 aliphatic carbocycles. The molecule has 0 saturated heterocycles. The molecule has 5 heteroatoms. The summed E-state index contributed by atoms with van der Waals surface area (Å²) in [6.07, 6.45) is 8.85. The number of hydrogen-bond acceptors (Lipinski definition) is 2. The summed E-state index contributed by atoms with van der Waals surface area (Å²) in [5.74, 6) is -0.0814. The molecular weight excluding hydrogens is 223 g/mol. The Bertz CT molecular complexity index is 215. The molecule has 3 nitrogen and oxygen atoms in total. The molecule has 0 radical (unpaired) electrons.